The van der Waals surface area contributed by atoms with Gasteiger partial charge in [-0.05, 0) is 37.1 Å². The summed E-state index contributed by atoms with van der Waals surface area (Å²) in [6, 6.07) is 3.29. The van der Waals surface area contributed by atoms with Crippen LogP contribution >= 0.6 is 23.1 Å². The smallest absolute Gasteiger partial charge is 0.378 e. The van der Waals surface area contributed by atoms with Gasteiger partial charge in [-0.1, -0.05) is 17.3 Å². The van der Waals surface area contributed by atoms with Gasteiger partial charge in [0.15, 0.2) is 0 Å². The maximum atomic E-state index is 15.1. The summed E-state index contributed by atoms with van der Waals surface area (Å²) in [5.41, 5.74) is -4.08. The number of urea groups is 1. The molecule has 1 aliphatic carbocycles. The van der Waals surface area contributed by atoms with Gasteiger partial charge in [-0.2, -0.15) is 18.2 Å². The Bertz CT molecular complexity index is 1390. The van der Waals surface area contributed by atoms with E-state index in [0.717, 1.165) is 24.2 Å². The molecule has 0 spiro atoms. The maximum absolute atomic E-state index is 15.1. The molecular weight excluding hydrogens is 548 g/mol. The molecule has 3 amide bonds. The van der Waals surface area contributed by atoms with Gasteiger partial charge in [-0.25, -0.2) is 9.18 Å². The van der Waals surface area contributed by atoms with E-state index >= 15 is 4.39 Å². The van der Waals surface area contributed by atoms with E-state index in [2.05, 4.69) is 26.1 Å². The first-order valence-corrected chi connectivity index (χ1v) is 13.7. The molecule has 0 bridgehead atoms. The van der Waals surface area contributed by atoms with Gasteiger partial charge in [0.1, 0.15) is 12.2 Å². The number of piperidine rings is 1. The highest BCUT2D eigenvalue weighted by Gasteiger charge is 2.39. The van der Waals surface area contributed by atoms with E-state index in [9.17, 15) is 22.8 Å². The van der Waals surface area contributed by atoms with Crippen LogP contribution in [0.15, 0.2) is 27.6 Å². The lowest BCUT2D eigenvalue weighted by atomic mass is 10.0. The second-order valence-electron chi connectivity index (χ2n) is 9.47. The van der Waals surface area contributed by atoms with E-state index < -0.39 is 29.8 Å². The minimum Gasteiger partial charge on any atom is -0.378 e. The van der Waals surface area contributed by atoms with Crippen molar-refractivity contribution in [1.82, 2.24) is 25.7 Å². The average Bonchev–Trinajstić information content (AvgIpc) is 3.26. The summed E-state index contributed by atoms with van der Waals surface area (Å²) in [6.45, 7) is 0.624. The maximum Gasteiger partial charge on any atom is 0.446 e. The summed E-state index contributed by atoms with van der Waals surface area (Å²) in [4.78, 5) is 29.7. The molecule has 3 aliphatic rings. The van der Waals surface area contributed by atoms with Crippen LogP contribution in [0.3, 0.4) is 0 Å². The lowest BCUT2D eigenvalue weighted by Crippen LogP contribution is -2.50. The summed E-state index contributed by atoms with van der Waals surface area (Å²) in [5.74, 6) is 0.0546. The van der Waals surface area contributed by atoms with Crippen LogP contribution in [0.2, 0.25) is 0 Å². The van der Waals surface area contributed by atoms with Gasteiger partial charge in [0.05, 0.1) is 27.9 Å². The molecule has 3 aromatic rings. The second kappa shape index (κ2) is 9.59. The van der Waals surface area contributed by atoms with E-state index in [1.165, 1.54) is 0 Å². The number of amides is 3. The zero-order valence-electron chi connectivity index (χ0n) is 19.7. The van der Waals surface area contributed by atoms with Gasteiger partial charge in [0.25, 0.3) is 5.89 Å². The van der Waals surface area contributed by atoms with E-state index in [4.69, 9.17) is 4.52 Å². The number of carbonyl (C=O) groups excluding carboxylic acids is 2. The predicted molar refractivity (Wildman–Crippen MR) is 133 cm³/mol. The van der Waals surface area contributed by atoms with Crippen LogP contribution in [0.1, 0.15) is 31.2 Å². The van der Waals surface area contributed by atoms with Crippen LogP contribution in [0.5, 0.6) is 0 Å². The van der Waals surface area contributed by atoms with Crippen molar-refractivity contribution in [2.75, 3.05) is 25.0 Å². The molecule has 202 valence electrons. The van der Waals surface area contributed by atoms with Crippen molar-refractivity contribution in [1.29, 1.82) is 0 Å². The van der Waals surface area contributed by atoms with Crippen molar-refractivity contribution >= 4 is 50.8 Å². The Kier molecular flexibility index (Phi) is 6.37. The number of benzene rings is 1. The third-order valence-corrected chi connectivity index (χ3v) is 8.95. The molecule has 38 heavy (non-hydrogen) atoms. The van der Waals surface area contributed by atoms with Gasteiger partial charge < -0.3 is 25.4 Å². The zero-order valence-corrected chi connectivity index (χ0v) is 21.3. The quantitative estimate of drug-likeness (QED) is 0.292. The molecule has 0 radical (unpaired) electrons. The van der Waals surface area contributed by atoms with E-state index in [1.807, 2.05) is 0 Å². The minimum absolute atomic E-state index is 0.00245. The van der Waals surface area contributed by atoms with Crippen molar-refractivity contribution in [3.05, 3.63) is 24.1 Å². The molecule has 6 rings (SSSR count). The summed E-state index contributed by atoms with van der Waals surface area (Å²) < 4.78 is 61.6. The number of anilines is 1. The topological polar surface area (TPSA) is 112 Å². The predicted octanol–water partition coefficient (Wildman–Crippen LogP) is 4.68. The van der Waals surface area contributed by atoms with Crippen LogP contribution in [0.25, 0.3) is 20.8 Å². The standard InChI is InChI=1S/C23H22F4N6O3S2/c24-12-9-33(21(34)10-4-5-10)7-6-13(12)29-14-3-1-2-11-16(14)37-18(17(11)38-23(25,26)27)19-31-20(36-32-19)15-8-28-22(35)30-15/h1-3,10,12-13,15,29H,4-9H2,(H2,28,30,35)/t12-,13+,15+/m0/s1. The van der Waals surface area contributed by atoms with Crippen molar-refractivity contribution in [3.63, 3.8) is 0 Å². The largest absolute Gasteiger partial charge is 0.446 e. The first-order chi connectivity index (χ1) is 18.2. The summed E-state index contributed by atoms with van der Waals surface area (Å²) in [7, 11) is 0. The number of rotatable bonds is 6. The number of carbonyl (C=O) groups is 2. The van der Waals surface area contributed by atoms with Crippen LogP contribution in [-0.4, -0.2) is 64.3 Å². The first kappa shape index (κ1) is 25.2. The van der Waals surface area contributed by atoms with Crippen molar-refractivity contribution in [2.24, 2.45) is 5.92 Å². The fourth-order valence-electron chi connectivity index (χ4n) is 4.70. The molecule has 9 nitrogen and oxygen atoms in total. The molecule has 3 atom stereocenters. The summed E-state index contributed by atoms with van der Waals surface area (Å²) in [5, 5.41) is 12.5. The number of alkyl halides is 4. The fourth-order valence-corrected chi connectivity index (χ4v) is 6.81. The van der Waals surface area contributed by atoms with Gasteiger partial charge in [0.2, 0.25) is 11.7 Å². The summed E-state index contributed by atoms with van der Waals surface area (Å²) in [6.07, 6.45) is 0.764. The SMILES string of the molecule is O=C1NC[C@H](c2nc(-c3sc4c(N[C@@H]5CCN(C(=O)C6CC6)C[C@@H]5F)cccc4c3SC(F)(F)F)no2)N1. The number of thioether (sulfide) groups is 1. The lowest BCUT2D eigenvalue weighted by molar-refractivity contribution is -0.134. The van der Waals surface area contributed by atoms with Crippen molar-refractivity contribution < 1.29 is 31.7 Å². The Morgan fingerprint density at radius 2 is 2.08 bits per heavy atom. The second-order valence-corrected chi connectivity index (χ2v) is 11.6. The molecule has 15 heteroatoms. The number of nitrogens with zero attached hydrogens (tertiary/aromatic N) is 3. The van der Waals surface area contributed by atoms with E-state index in [-0.39, 0.29) is 58.2 Å². The van der Waals surface area contributed by atoms with E-state index in [0.29, 0.717) is 28.7 Å². The lowest BCUT2D eigenvalue weighted by Gasteiger charge is -2.35. The highest BCUT2D eigenvalue weighted by molar-refractivity contribution is 8.00. The van der Waals surface area contributed by atoms with Crippen LogP contribution in [0, 0.1) is 5.92 Å². The Morgan fingerprint density at radius 3 is 2.76 bits per heavy atom. The third-order valence-electron chi connectivity index (χ3n) is 6.72. The normalized spacial score (nSPS) is 23.9. The molecular formula is C23H22F4N6O3S2. The molecule has 2 saturated heterocycles. The highest BCUT2D eigenvalue weighted by atomic mass is 32.2. The van der Waals surface area contributed by atoms with Crippen molar-refractivity contribution in [2.45, 2.75) is 47.9 Å². The molecule has 2 aliphatic heterocycles. The Hall–Kier alpha value is -3.07. The molecule has 1 aromatic carbocycles. The molecule has 2 aromatic heterocycles. The monoisotopic (exact) mass is 570 g/mol. The fraction of sp³-hybridized carbons (Fsp3) is 0.478. The third kappa shape index (κ3) is 5.00. The van der Waals surface area contributed by atoms with Gasteiger partial charge >= 0.3 is 11.5 Å². The number of hydrogen-bond acceptors (Lipinski definition) is 8. The number of aromatic nitrogens is 2. The van der Waals surface area contributed by atoms with Crippen LogP contribution in [-0.2, 0) is 4.79 Å². The molecule has 3 N–H and O–H groups in total. The van der Waals surface area contributed by atoms with Crippen molar-refractivity contribution in [3.8, 4) is 10.7 Å². The molecule has 3 fully saturated rings. The summed E-state index contributed by atoms with van der Waals surface area (Å²) >= 11 is 0.778. The van der Waals surface area contributed by atoms with Gasteiger partial charge in [0, 0.05) is 29.3 Å². The number of fused-ring (bicyclic) bond motifs is 1. The Morgan fingerprint density at radius 1 is 1.26 bits per heavy atom. The van der Waals surface area contributed by atoms with Crippen LogP contribution < -0.4 is 16.0 Å². The zero-order chi connectivity index (χ0) is 26.6. The molecule has 4 heterocycles. The van der Waals surface area contributed by atoms with Gasteiger partial charge in [-0.15, -0.1) is 11.3 Å². The average molecular weight is 571 g/mol. The molecule has 1 saturated carbocycles. The number of thiophene rings is 1. The first-order valence-electron chi connectivity index (χ1n) is 12.1. The number of likely N-dealkylation sites (tertiary alicyclic amines) is 1. The highest BCUT2D eigenvalue weighted by Crippen LogP contribution is 2.50. The van der Waals surface area contributed by atoms with E-state index in [1.54, 1.807) is 23.1 Å². The Labute approximate surface area is 221 Å². The number of hydrogen-bond donors (Lipinski definition) is 3. The number of nitrogens with one attached hydrogen (secondary N) is 3. The Balaban J connectivity index is 1.30. The number of halogens is 4. The van der Waals surface area contributed by atoms with Crippen LogP contribution in [0.4, 0.5) is 28.0 Å². The minimum atomic E-state index is -4.58. The molecule has 0 unspecified atom stereocenters. The van der Waals surface area contributed by atoms with Gasteiger partial charge in [-0.3, -0.25) is 4.79 Å².